The fourth-order valence-corrected chi connectivity index (χ4v) is 4.96. The van der Waals surface area contributed by atoms with E-state index in [9.17, 15) is 19.2 Å². The molecule has 2 atom stereocenters. The molecule has 8 heteroatoms. The molecule has 0 radical (unpaired) electrons. The number of carbonyl (C=O) groups is 4. The van der Waals surface area contributed by atoms with Crippen LogP contribution in [0.1, 0.15) is 66.2 Å². The van der Waals surface area contributed by atoms with Crippen LogP contribution < -0.4 is 0 Å². The average molecular weight is 427 g/mol. The first-order chi connectivity index (χ1) is 14.3. The Kier molecular flexibility index (Phi) is 8.26. The van der Waals surface area contributed by atoms with Crippen molar-refractivity contribution in [3.63, 3.8) is 0 Å². The minimum absolute atomic E-state index is 0.00420. The molecule has 0 saturated heterocycles. The molecule has 0 N–H and O–H groups in total. The highest BCUT2D eigenvalue weighted by atomic mass is 16.6. The van der Waals surface area contributed by atoms with Crippen molar-refractivity contribution in [2.24, 2.45) is 22.7 Å². The predicted molar refractivity (Wildman–Crippen MR) is 106 cm³/mol. The highest BCUT2D eigenvalue weighted by Gasteiger charge is 2.59. The number of hydrogen-bond donors (Lipinski definition) is 0. The molecular weight excluding hydrogens is 392 g/mol. The van der Waals surface area contributed by atoms with Crippen LogP contribution in [0, 0.1) is 22.7 Å². The molecule has 0 aromatic rings. The van der Waals surface area contributed by atoms with Gasteiger partial charge in [0, 0.05) is 0 Å². The second-order valence-corrected chi connectivity index (χ2v) is 8.05. The summed E-state index contributed by atoms with van der Waals surface area (Å²) in [4.78, 5) is 50.7. The van der Waals surface area contributed by atoms with Crippen LogP contribution in [0.3, 0.4) is 0 Å². The molecule has 0 amide bonds. The minimum Gasteiger partial charge on any atom is -0.465 e. The molecule has 8 nitrogen and oxygen atoms in total. The largest absolute Gasteiger partial charge is 0.465 e. The number of carbonyl (C=O) groups excluding carboxylic acids is 4. The third-order valence-electron chi connectivity index (χ3n) is 6.44. The molecule has 0 bridgehead atoms. The highest BCUT2D eigenvalue weighted by molar-refractivity contribution is 6.01. The van der Waals surface area contributed by atoms with Gasteiger partial charge in [0.1, 0.15) is 0 Å². The van der Waals surface area contributed by atoms with Crippen LogP contribution in [0.5, 0.6) is 0 Å². The lowest BCUT2D eigenvalue weighted by atomic mass is 9.79. The van der Waals surface area contributed by atoms with E-state index in [1.165, 1.54) is 0 Å². The SMILES string of the molecule is CCOC(=O)C1(C(=O)OCC)CCC(C2CCC(C(=O)OCC)(C(=O)OCC)C2)C1. The van der Waals surface area contributed by atoms with Crippen molar-refractivity contribution in [3.8, 4) is 0 Å². The fraction of sp³-hybridized carbons (Fsp3) is 0.818. The van der Waals surface area contributed by atoms with Gasteiger partial charge in [-0.25, -0.2) is 0 Å². The average Bonchev–Trinajstić information content (AvgIpc) is 3.35. The molecule has 2 aliphatic rings. The summed E-state index contributed by atoms with van der Waals surface area (Å²) >= 11 is 0. The molecule has 0 spiro atoms. The van der Waals surface area contributed by atoms with Gasteiger partial charge in [-0.05, 0) is 78.1 Å². The Morgan fingerprint density at radius 2 is 0.867 bits per heavy atom. The maximum absolute atomic E-state index is 12.7. The van der Waals surface area contributed by atoms with Crippen molar-refractivity contribution in [2.75, 3.05) is 26.4 Å². The Bertz CT molecular complexity index is 564. The Balaban J connectivity index is 2.22. The van der Waals surface area contributed by atoms with E-state index in [4.69, 9.17) is 18.9 Å². The summed E-state index contributed by atoms with van der Waals surface area (Å²) in [5.74, 6) is -2.19. The maximum atomic E-state index is 12.7. The van der Waals surface area contributed by atoms with Crippen LogP contribution in [-0.4, -0.2) is 50.3 Å². The van der Waals surface area contributed by atoms with E-state index in [-0.39, 0.29) is 38.3 Å². The van der Waals surface area contributed by atoms with Gasteiger partial charge in [0.15, 0.2) is 10.8 Å². The Morgan fingerprint density at radius 3 is 1.10 bits per heavy atom. The number of hydrogen-bond acceptors (Lipinski definition) is 8. The molecule has 0 aromatic heterocycles. The quantitative estimate of drug-likeness (QED) is 0.315. The lowest BCUT2D eigenvalue weighted by Crippen LogP contribution is -2.41. The van der Waals surface area contributed by atoms with Crippen molar-refractivity contribution in [1.29, 1.82) is 0 Å². The summed E-state index contributed by atoms with van der Waals surface area (Å²) in [7, 11) is 0. The molecule has 2 aliphatic carbocycles. The van der Waals surface area contributed by atoms with E-state index in [1.807, 2.05) is 0 Å². The van der Waals surface area contributed by atoms with Crippen molar-refractivity contribution in [1.82, 2.24) is 0 Å². The summed E-state index contributed by atoms with van der Waals surface area (Å²) in [6.07, 6.45) is 2.55. The van der Waals surface area contributed by atoms with Crippen molar-refractivity contribution in [2.45, 2.75) is 66.2 Å². The van der Waals surface area contributed by atoms with Crippen LogP contribution in [0.2, 0.25) is 0 Å². The van der Waals surface area contributed by atoms with Crippen molar-refractivity contribution in [3.05, 3.63) is 0 Å². The Morgan fingerprint density at radius 1 is 0.600 bits per heavy atom. The summed E-state index contributed by atoms with van der Waals surface area (Å²) < 4.78 is 20.8. The van der Waals surface area contributed by atoms with Gasteiger partial charge in [0.25, 0.3) is 0 Å². The number of esters is 4. The van der Waals surface area contributed by atoms with Gasteiger partial charge in [-0.3, -0.25) is 19.2 Å². The van der Waals surface area contributed by atoms with Crippen LogP contribution in [0.25, 0.3) is 0 Å². The molecule has 30 heavy (non-hydrogen) atoms. The van der Waals surface area contributed by atoms with E-state index in [0.29, 0.717) is 38.5 Å². The monoisotopic (exact) mass is 426 g/mol. The Labute approximate surface area is 177 Å². The first-order valence-corrected chi connectivity index (χ1v) is 11.0. The van der Waals surface area contributed by atoms with Gasteiger partial charge in [0.2, 0.25) is 0 Å². The fourth-order valence-electron chi connectivity index (χ4n) is 4.96. The number of rotatable bonds is 9. The Hall–Kier alpha value is -2.12. The van der Waals surface area contributed by atoms with Gasteiger partial charge < -0.3 is 18.9 Å². The zero-order chi connectivity index (χ0) is 22.4. The summed E-state index contributed by atoms with van der Waals surface area (Å²) in [5, 5.41) is 0. The van der Waals surface area contributed by atoms with Crippen molar-refractivity contribution < 1.29 is 38.1 Å². The normalized spacial score (nSPS) is 24.1. The zero-order valence-corrected chi connectivity index (χ0v) is 18.5. The van der Waals surface area contributed by atoms with Crippen LogP contribution in [0.15, 0.2) is 0 Å². The van der Waals surface area contributed by atoms with Crippen LogP contribution >= 0.6 is 0 Å². The molecule has 170 valence electrons. The predicted octanol–water partition coefficient (Wildman–Crippen LogP) is 2.81. The van der Waals surface area contributed by atoms with Gasteiger partial charge in [-0.1, -0.05) is 0 Å². The molecule has 2 fully saturated rings. The molecule has 0 aliphatic heterocycles. The van der Waals surface area contributed by atoms with E-state index < -0.39 is 34.7 Å². The van der Waals surface area contributed by atoms with E-state index in [0.717, 1.165) is 0 Å². The second kappa shape index (κ2) is 10.3. The third kappa shape index (κ3) is 4.47. The van der Waals surface area contributed by atoms with Gasteiger partial charge in [0.05, 0.1) is 26.4 Å². The summed E-state index contributed by atoms with van der Waals surface area (Å²) in [6.45, 7) is 7.54. The highest BCUT2D eigenvalue weighted by Crippen LogP contribution is 2.54. The molecule has 0 heterocycles. The van der Waals surface area contributed by atoms with Crippen LogP contribution in [0.4, 0.5) is 0 Å². The minimum atomic E-state index is -1.31. The molecule has 2 unspecified atom stereocenters. The van der Waals surface area contributed by atoms with Crippen LogP contribution in [-0.2, 0) is 38.1 Å². The van der Waals surface area contributed by atoms with Gasteiger partial charge in [-0.15, -0.1) is 0 Å². The maximum Gasteiger partial charge on any atom is 0.323 e. The van der Waals surface area contributed by atoms with Gasteiger partial charge >= 0.3 is 23.9 Å². The molecule has 2 rings (SSSR count). The number of ether oxygens (including phenoxy) is 4. The van der Waals surface area contributed by atoms with E-state index >= 15 is 0 Å². The molecule has 0 aromatic carbocycles. The second-order valence-electron chi connectivity index (χ2n) is 8.05. The summed E-state index contributed by atoms with van der Waals surface area (Å²) in [5.41, 5.74) is -2.62. The third-order valence-corrected chi connectivity index (χ3v) is 6.44. The first-order valence-electron chi connectivity index (χ1n) is 11.0. The molecule has 2 saturated carbocycles. The van der Waals surface area contributed by atoms with E-state index in [1.54, 1.807) is 27.7 Å². The smallest absolute Gasteiger partial charge is 0.323 e. The molecular formula is C22H34O8. The van der Waals surface area contributed by atoms with Gasteiger partial charge in [-0.2, -0.15) is 0 Å². The topological polar surface area (TPSA) is 105 Å². The first kappa shape index (κ1) is 24.2. The van der Waals surface area contributed by atoms with E-state index in [2.05, 4.69) is 0 Å². The standard InChI is InChI=1S/C22H34O8/c1-5-27-17(23)21(18(24)28-6-2)11-9-15(13-21)16-10-12-22(14-16,19(25)29-7-3)20(26)30-8-4/h15-16H,5-14H2,1-4H3. The zero-order valence-electron chi connectivity index (χ0n) is 18.5. The summed E-state index contributed by atoms with van der Waals surface area (Å²) in [6, 6.07) is 0. The van der Waals surface area contributed by atoms with Crippen molar-refractivity contribution >= 4 is 23.9 Å². The lowest BCUT2D eigenvalue weighted by Gasteiger charge is -2.27. The lowest BCUT2D eigenvalue weighted by molar-refractivity contribution is -0.174.